The van der Waals surface area contributed by atoms with E-state index in [9.17, 15) is 4.79 Å². The van der Waals surface area contributed by atoms with E-state index >= 15 is 0 Å². The van der Waals surface area contributed by atoms with E-state index in [0.717, 1.165) is 0 Å². The maximum Gasteiger partial charge on any atom is 0.266 e. The molecule has 2 aromatic rings. The molecular formula is C15H12ClN3O2. The number of aromatic nitrogens is 1. The van der Waals surface area contributed by atoms with Gasteiger partial charge < -0.3 is 10.1 Å². The molecule has 1 unspecified atom stereocenters. The normalized spacial score (nSPS) is 11.3. The molecule has 0 aliphatic rings. The Bertz CT molecular complexity index is 680. The fourth-order valence-corrected chi connectivity index (χ4v) is 1.69. The second-order valence-corrected chi connectivity index (χ2v) is 4.69. The van der Waals surface area contributed by atoms with Gasteiger partial charge in [-0.15, -0.1) is 0 Å². The number of hydrogen-bond acceptors (Lipinski definition) is 4. The highest BCUT2D eigenvalue weighted by Gasteiger charge is 2.15. The van der Waals surface area contributed by atoms with Crippen LogP contribution in [0.4, 0.5) is 5.82 Å². The van der Waals surface area contributed by atoms with Crippen molar-refractivity contribution in [3.05, 3.63) is 53.2 Å². The summed E-state index contributed by atoms with van der Waals surface area (Å²) in [5.74, 6) is 0.513. The molecule has 2 rings (SSSR count). The molecule has 0 saturated heterocycles. The van der Waals surface area contributed by atoms with E-state index in [1.807, 2.05) is 6.07 Å². The minimum atomic E-state index is -0.726. The van der Waals surface area contributed by atoms with Crippen molar-refractivity contribution in [2.45, 2.75) is 13.0 Å². The number of rotatable bonds is 4. The van der Waals surface area contributed by atoms with E-state index in [-0.39, 0.29) is 5.91 Å². The molecule has 0 aliphatic carbocycles. The number of benzene rings is 1. The zero-order chi connectivity index (χ0) is 15.2. The number of carbonyl (C=O) groups is 1. The molecule has 21 heavy (non-hydrogen) atoms. The zero-order valence-electron chi connectivity index (χ0n) is 11.2. The third-order valence-corrected chi connectivity index (χ3v) is 2.85. The van der Waals surface area contributed by atoms with Gasteiger partial charge in [-0.1, -0.05) is 17.7 Å². The first-order valence-corrected chi connectivity index (χ1v) is 6.55. The second kappa shape index (κ2) is 6.73. The van der Waals surface area contributed by atoms with E-state index in [1.165, 1.54) is 6.20 Å². The number of halogens is 1. The van der Waals surface area contributed by atoms with Crippen molar-refractivity contribution in [3.63, 3.8) is 0 Å². The molecule has 1 amide bonds. The first-order valence-electron chi connectivity index (χ1n) is 6.18. The summed E-state index contributed by atoms with van der Waals surface area (Å²) in [6, 6.07) is 11.9. The van der Waals surface area contributed by atoms with Gasteiger partial charge in [-0.25, -0.2) is 4.98 Å². The summed E-state index contributed by atoms with van der Waals surface area (Å²) in [5.41, 5.74) is 0.472. The van der Waals surface area contributed by atoms with Crippen molar-refractivity contribution in [2.24, 2.45) is 0 Å². The van der Waals surface area contributed by atoms with Crippen molar-refractivity contribution in [2.75, 3.05) is 5.32 Å². The summed E-state index contributed by atoms with van der Waals surface area (Å²) in [5, 5.41) is 11.9. The lowest BCUT2D eigenvalue weighted by Crippen LogP contribution is -2.30. The van der Waals surface area contributed by atoms with Gasteiger partial charge >= 0.3 is 0 Å². The first kappa shape index (κ1) is 14.8. The summed E-state index contributed by atoms with van der Waals surface area (Å²) in [6.45, 7) is 1.62. The molecule has 0 spiro atoms. The van der Waals surface area contributed by atoms with Crippen molar-refractivity contribution < 1.29 is 9.53 Å². The number of anilines is 1. The number of pyridine rings is 1. The lowest BCUT2D eigenvalue weighted by atomic mass is 10.2. The third-order valence-electron chi connectivity index (χ3n) is 2.62. The van der Waals surface area contributed by atoms with Crippen LogP contribution in [0.1, 0.15) is 12.5 Å². The summed E-state index contributed by atoms with van der Waals surface area (Å²) in [7, 11) is 0. The lowest BCUT2D eigenvalue weighted by molar-refractivity contribution is -0.122. The smallest absolute Gasteiger partial charge is 0.266 e. The van der Waals surface area contributed by atoms with Crippen LogP contribution in [-0.4, -0.2) is 17.0 Å². The number of carbonyl (C=O) groups excluding carboxylic acids is 1. The van der Waals surface area contributed by atoms with E-state index < -0.39 is 6.10 Å². The van der Waals surface area contributed by atoms with E-state index in [0.29, 0.717) is 22.2 Å². The predicted molar refractivity (Wildman–Crippen MR) is 79.1 cm³/mol. The summed E-state index contributed by atoms with van der Waals surface area (Å²) < 4.78 is 5.50. The summed E-state index contributed by atoms with van der Waals surface area (Å²) in [4.78, 5) is 16.0. The molecule has 5 nitrogen and oxygen atoms in total. The molecule has 1 N–H and O–H groups in total. The monoisotopic (exact) mass is 301 g/mol. The van der Waals surface area contributed by atoms with Gasteiger partial charge in [-0.05, 0) is 37.3 Å². The Hall–Kier alpha value is -2.58. The Balaban J connectivity index is 1.99. The van der Waals surface area contributed by atoms with Crippen molar-refractivity contribution in [3.8, 4) is 11.8 Å². The van der Waals surface area contributed by atoms with E-state index in [1.54, 1.807) is 43.3 Å². The molecule has 0 fully saturated rings. The summed E-state index contributed by atoms with van der Waals surface area (Å²) in [6.07, 6.45) is 0.718. The highest BCUT2D eigenvalue weighted by Crippen LogP contribution is 2.15. The molecule has 0 bridgehead atoms. The molecule has 1 heterocycles. The number of nitrogens with zero attached hydrogens (tertiary/aromatic N) is 2. The lowest BCUT2D eigenvalue weighted by Gasteiger charge is -2.14. The number of hydrogen-bond donors (Lipinski definition) is 1. The fourth-order valence-electron chi connectivity index (χ4n) is 1.57. The number of nitriles is 1. The van der Waals surface area contributed by atoms with Crippen LogP contribution in [0.25, 0.3) is 0 Å². The molecule has 0 saturated carbocycles. The fraction of sp³-hybridized carbons (Fsp3) is 0.133. The van der Waals surface area contributed by atoms with Gasteiger partial charge in [0.15, 0.2) is 6.10 Å². The highest BCUT2D eigenvalue weighted by molar-refractivity contribution is 6.30. The predicted octanol–water partition coefficient (Wildman–Crippen LogP) is 3.01. The van der Waals surface area contributed by atoms with Gasteiger partial charge in [-0.3, -0.25) is 4.79 Å². The highest BCUT2D eigenvalue weighted by atomic mass is 35.5. The van der Waals surface area contributed by atoms with Gasteiger partial charge in [0.1, 0.15) is 11.6 Å². The molecule has 1 aromatic carbocycles. The van der Waals surface area contributed by atoms with Crippen molar-refractivity contribution in [1.82, 2.24) is 4.98 Å². The number of amides is 1. The standard InChI is InChI=1S/C15H12ClN3O2/c1-10(21-13-4-2-3-11(7-13)8-17)15(20)19-14-6-5-12(16)9-18-14/h2-7,9-10H,1H3,(H,18,19,20). The number of ether oxygens (including phenoxy) is 1. The molecule has 1 aromatic heterocycles. The van der Waals surface area contributed by atoms with Gasteiger partial charge in [0, 0.05) is 6.20 Å². The average molecular weight is 302 g/mol. The van der Waals surface area contributed by atoms with Crippen LogP contribution in [0.5, 0.6) is 5.75 Å². The van der Waals surface area contributed by atoms with Crippen LogP contribution in [0, 0.1) is 11.3 Å². The van der Waals surface area contributed by atoms with Crippen LogP contribution in [-0.2, 0) is 4.79 Å². The molecule has 6 heteroatoms. The summed E-state index contributed by atoms with van der Waals surface area (Å²) >= 11 is 5.72. The molecular weight excluding hydrogens is 290 g/mol. The molecule has 1 atom stereocenters. The van der Waals surface area contributed by atoms with Crippen LogP contribution in [0.15, 0.2) is 42.6 Å². The minimum absolute atomic E-state index is 0.341. The minimum Gasteiger partial charge on any atom is -0.481 e. The zero-order valence-corrected chi connectivity index (χ0v) is 12.0. The van der Waals surface area contributed by atoms with Crippen LogP contribution in [0.2, 0.25) is 5.02 Å². The molecule has 0 radical (unpaired) electrons. The van der Waals surface area contributed by atoms with Gasteiger partial charge in [-0.2, -0.15) is 5.26 Å². The van der Waals surface area contributed by atoms with Crippen molar-refractivity contribution >= 4 is 23.3 Å². The maximum absolute atomic E-state index is 12.0. The van der Waals surface area contributed by atoms with Crippen LogP contribution in [0.3, 0.4) is 0 Å². The number of nitrogens with one attached hydrogen (secondary N) is 1. The average Bonchev–Trinajstić information content (AvgIpc) is 2.49. The van der Waals surface area contributed by atoms with Crippen LogP contribution < -0.4 is 10.1 Å². The van der Waals surface area contributed by atoms with Crippen LogP contribution >= 0.6 is 11.6 Å². The van der Waals surface area contributed by atoms with E-state index in [2.05, 4.69) is 10.3 Å². The Morgan fingerprint density at radius 1 is 1.43 bits per heavy atom. The largest absolute Gasteiger partial charge is 0.481 e. The second-order valence-electron chi connectivity index (χ2n) is 4.25. The third kappa shape index (κ3) is 4.20. The van der Waals surface area contributed by atoms with Gasteiger partial charge in [0.05, 0.1) is 16.7 Å². The topological polar surface area (TPSA) is 75.0 Å². The van der Waals surface area contributed by atoms with E-state index in [4.69, 9.17) is 21.6 Å². The maximum atomic E-state index is 12.0. The Labute approximate surface area is 127 Å². The first-order chi connectivity index (χ1) is 10.1. The Kier molecular flexibility index (Phi) is 4.75. The quantitative estimate of drug-likeness (QED) is 0.942. The SMILES string of the molecule is CC(Oc1cccc(C#N)c1)C(=O)Nc1ccc(Cl)cn1. The molecule has 106 valence electrons. The molecule has 0 aliphatic heterocycles. The Morgan fingerprint density at radius 3 is 2.90 bits per heavy atom. The van der Waals surface area contributed by atoms with Gasteiger partial charge in [0.25, 0.3) is 5.91 Å². The van der Waals surface area contributed by atoms with Crippen molar-refractivity contribution in [1.29, 1.82) is 5.26 Å². The van der Waals surface area contributed by atoms with Gasteiger partial charge in [0.2, 0.25) is 0 Å². The Morgan fingerprint density at radius 2 is 2.24 bits per heavy atom.